The number of alkyl halides is 5. The molecule has 0 bridgehead atoms. The molecule has 0 aromatic heterocycles. The summed E-state index contributed by atoms with van der Waals surface area (Å²) < 4.78 is 61.4. The molecule has 1 saturated carbocycles. The van der Waals surface area contributed by atoms with Crippen LogP contribution >= 0.6 is 0 Å². The van der Waals surface area contributed by atoms with Crippen LogP contribution < -0.4 is 0 Å². The minimum atomic E-state index is -5.53. The fourth-order valence-electron chi connectivity index (χ4n) is 1.95. The second kappa shape index (κ2) is 3.06. The SMILES string of the molecule is CC1(C)CC1(CO)CC(F)(F)C(F)(F)F. The Morgan fingerprint density at radius 1 is 1.13 bits per heavy atom. The Balaban J connectivity index is 2.79. The first-order chi connectivity index (χ1) is 6.47. The Bertz CT molecular complexity index is 258. The lowest BCUT2D eigenvalue weighted by Crippen LogP contribution is -2.40. The molecule has 0 aromatic carbocycles. The van der Waals surface area contributed by atoms with Crippen molar-refractivity contribution in [2.45, 2.75) is 38.8 Å². The molecule has 1 aliphatic carbocycles. The van der Waals surface area contributed by atoms with Crippen molar-refractivity contribution in [1.29, 1.82) is 0 Å². The maximum Gasteiger partial charge on any atom is 0.453 e. The summed E-state index contributed by atoms with van der Waals surface area (Å²) in [5.41, 5.74) is -1.93. The van der Waals surface area contributed by atoms with E-state index < -0.39 is 36.0 Å². The number of halogens is 5. The Labute approximate surface area is 84.3 Å². The normalized spacial score (nSPS) is 30.4. The summed E-state index contributed by atoms with van der Waals surface area (Å²) in [4.78, 5) is 0. The highest BCUT2D eigenvalue weighted by molar-refractivity contribution is 5.11. The molecular weight excluding hydrogens is 219 g/mol. The van der Waals surface area contributed by atoms with E-state index in [4.69, 9.17) is 5.11 Å². The largest absolute Gasteiger partial charge is 0.453 e. The third-order valence-electron chi connectivity index (χ3n) is 3.37. The zero-order chi connectivity index (χ0) is 12.1. The van der Waals surface area contributed by atoms with Crippen LogP contribution in [0.3, 0.4) is 0 Å². The molecule has 15 heavy (non-hydrogen) atoms. The van der Waals surface area contributed by atoms with Crippen LogP contribution in [0.2, 0.25) is 0 Å². The molecule has 1 aliphatic rings. The summed E-state index contributed by atoms with van der Waals surface area (Å²) in [5.74, 6) is -4.72. The highest BCUT2D eigenvalue weighted by Crippen LogP contribution is 2.68. The Morgan fingerprint density at radius 3 is 1.73 bits per heavy atom. The van der Waals surface area contributed by atoms with Gasteiger partial charge in [0.1, 0.15) is 0 Å². The summed E-state index contributed by atoms with van der Waals surface area (Å²) in [6.07, 6.45) is -6.66. The summed E-state index contributed by atoms with van der Waals surface area (Å²) in [6.45, 7) is 2.52. The molecule has 0 radical (unpaired) electrons. The van der Waals surface area contributed by atoms with Crippen molar-refractivity contribution in [1.82, 2.24) is 0 Å². The van der Waals surface area contributed by atoms with Crippen molar-refractivity contribution in [3.8, 4) is 0 Å². The van der Waals surface area contributed by atoms with E-state index in [9.17, 15) is 22.0 Å². The lowest BCUT2D eigenvalue weighted by molar-refractivity contribution is -0.291. The van der Waals surface area contributed by atoms with E-state index in [2.05, 4.69) is 0 Å². The Kier molecular flexibility index (Phi) is 2.58. The van der Waals surface area contributed by atoms with Crippen molar-refractivity contribution in [2.24, 2.45) is 10.8 Å². The zero-order valence-corrected chi connectivity index (χ0v) is 8.46. The van der Waals surface area contributed by atoms with E-state index in [-0.39, 0.29) is 6.42 Å². The van der Waals surface area contributed by atoms with Crippen LogP contribution in [0.4, 0.5) is 22.0 Å². The number of hydrogen-bond acceptors (Lipinski definition) is 1. The van der Waals surface area contributed by atoms with E-state index in [0.717, 1.165) is 0 Å². The minimum Gasteiger partial charge on any atom is -0.396 e. The second-order valence-electron chi connectivity index (χ2n) is 4.88. The van der Waals surface area contributed by atoms with Crippen LogP contribution in [0, 0.1) is 10.8 Å². The monoisotopic (exact) mass is 232 g/mol. The minimum absolute atomic E-state index is 0.197. The van der Waals surface area contributed by atoms with Gasteiger partial charge in [0.2, 0.25) is 0 Å². The van der Waals surface area contributed by atoms with Gasteiger partial charge in [-0.25, -0.2) is 0 Å². The average molecular weight is 232 g/mol. The van der Waals surface area contributed by atoms with Gasteiger partial charge in [0, 0.05) is 18.4 Å². The number of rotatable bonds is 3. The molecule has 1 unspecified atom stereocenters. The van der Waals surface area contributed by atoms with Gasteiger partial charge in [0.15, 0.2) is 0 Å². The molecule has 6 heteroatoms. The molecule has 0 saturated heterocycles. The molecule has 1 fully saturated rings. The molecule has 0 spiro atoms. The average Bonchev–Trinajstić information content (AvgIpc) is 2.50. The number of aliphatic hydroxyl groups is 1. The van der Waals surface area contributed by atoms with Crippen LogP contribution in [-0.2, 0) is 0 Å². The highest BCUT2D eigenvalue weighted by Gasteiger charge is 2.69. The predicted molar refractivity (Wildman–Crippen MR) is 43.5 cm³/mol. The molecule has 90 valence electrons. The van der Waals surface area contributed by atoms with E-state index in [1.54, 1.807) is 13.8 Å². The van der Waals surface area contributed by atoms with Crippen LogP contribution in [-0.4, -0.2) is 23.8 Å². The van der Waals surface area contributed by atoms with Crippen molar-refractivity contribution in [2.75, 3.05) is 6.61 Å². The van der Waals surface area contributed by atoms with Gasteiger partial charge >= 0.3 is 12.1 Å². The van der Waals surface area contributed by atoms with E-state index in [0.29, 0.717) is 0 Å². The van der Waals surface area contributed by atoms with Crippen molar-refractivity contribution in [3.63, 3.8) is 0 Å². The first kappa shape index (κ1) is 12.7. The summed E-state index contributed by atoms with van der Waals surface area (Å²) in [7, 11) is 0. The van der Waals surface area contributed by atoms with Gasteiger partial charge < -0.3 is 5.11 Å². The smallest absolute Gasteiger partial charge is 0.396 e. The fourth-order valence-corrected chi connectivity index (χ4v) is 1.95. The van der Waals surface area contributed by atoms with Crippen LogP contribution in [0.25, 0.3) is 0 Å². The summed E-state index contributed by atoms with van der Waals surface area (Å²) >= 11 is 0. The molecule has 1 atom stereocenters. The topological polar surface area (TPSA) is 20.2 Å². The maximum atomic E-state index is 12.8. The molecule has 0 amide bonds. The first-order valence-corrected chi connectivity index (χ1v) is 4.53. The van der Waals surface area contributed by atoms with Gasteiger partial charge in [-0.2, -0.15) is 22.0 Å². The molecule has 0 aromatic rings. The molecule has 1 rings (SSSR count). The first-order valence-electron chi connectivity index (χ1n) is 4.53. The summed E-state index contributed by atoms with van der Waals surface area (Å²) in [6, 6.07) is 0. The zero-order valence-electron chi connectivity index (χ0n) is 8.46. The van der Waals surface area contributed by atoms with Gasteiger partial charge in [-0.3, -0.25) is 0 Å². The second-order valence-corrected chi connectivity index (χ2v) is 4.88. The molecule has 1 N–H and O–H groups in total. The highest BCUT2D eigenvalue weighted by atomic mass is 19.4. The van der Waals surface area contributed by atoms with Crippen molar-refractivity contribution < 1.29 is 27.1 Å². The number of aliphatic hydroxyl groups excluding tert-OH is 1. The van der Waals surface area contributed by atoms with Gasteiger partial charge in [0.25, 0.3) is 0 Å². The Morgan fingerprint density at radius 2 is 1.53 bits per heavy atom. The van der Waals surface area contributed by atoms with Crippen LogP contribution in [0.5, 0.6) is 0 Å². The summed E-state index contributed by atoms with van der Waals surface area (Å²) in [5, 5.41) is 8.92. The third-order valence-corrected chi connectivity index (χ3v) is 3.37. The van der Waals surface area contributed by atoms with Gasteiger partial charge in [-0.15, -0.1) is 0 Å². The lowest BCUT2D eigenvalue weighted by Gasteiger charge is -2.26. The predicted octanol–water partition coefficient (Wildman–Crippen LogP) is 2.98. The maximum absolute atomic E-state index is 12.8. The van der Waals surface area contributed by atoms with E-state index >= 15 is 0 Å². The van der Waals surface area contributed by atoms with E-state index in [1.807, 2.05) is 0 Å². The van der Waals surface area contributed by atoms with Gasteiger partial charge in [-0.1, -0.05) is 13.8 Å². The molecular formula is C9H13F5O. The van der Waals surface area contributed by atoms with Crippen molar-refractivity contribution in [3.05, 3.63) is 0 Å². The quantitative estimate of drug-likeness (QED) is 0.741. The van der Waals surface area contributed by atoms with Crippen molar-refractivity contribution >= 4 is 0 Å². The van der Waals surface area contributed by atoms with Crippen LogP contribution in [0.1, 0.15) is 26.7 Å². The lowest BCUT2D eigenvalue weighted by atomic mass is 9.90. The van der Waals surface area contributed by atoms with Gasteiger partial charge in [0.05, 0.1) is 0 Å². The van der Waals surface area contributed by atoms with E-state index in [1.165, 1.54) is 0 Å². The molecule has 0 heterocycles. The molecule has 1 nitrogen and oxygen atoms in total. The standard InChI is InChI=1S/C9H13F5O/c1-6(2)3-7(6,5-15)4-8(10,11)9(12,13)14/h15H,3-5H2,1-2H3. The van der Waals surface area contributed by atoms with Gasteiger partial charge in [-0.05, 0) is 11.8 Å². The molecule has 0 aliphatic heterocycles. The van der Waals surface area contributed by atoms with Crippen LogP contribution in [0.15, 0.2) is 0 Å². The number of hydrogen-bond donors (Lipinski definition) is 1. The third kappa shape index (κ3) is 1.96. The Hall–Kier alpha value is -0.390. The fraction of sp³-hybridized carbons (Fsp3) is 1.00.